The van der Waals surface area contributed by atoms with E-state index in [0.717, 1.165) is 18.4 Å². The summed E-state index contributed by atoms with van der Waals surface area (Å²) < 4.78 is 5.01. The van der Waals surface area contributed by atoms with Gasteiger partial charge in [-0.15, -0.1) is 0 Å². The zero-order chi connectivity index (χ0) is 12.5. The van der Waals surface area contributed by atoms with Gasteiger partial charge in [0.15, 0.2) is 0 Å². The Morgan fingerprint density at radius 3 is 2.71 bits per heavy atom. The van der Waals surface area contributed by atoms with Crippen molar-refractivity contribution in [2.75, 3.05) is 14.2 Å². The van der Waals surface area contributed by atoms with Gasteiger partial charge in [-0.05, 0) is 38.4 Å². The van der Waals surface area contributed by atoms with E-state index >= 15 is 0 Å². The van der Waals surface area contributed by atoms with Crippen LogP contribution in [0.25, 0.3) is 0 Å². The van der Waals surface area contributed by atoms with E-state index in [1.807, 2.05) is 7.05 Å². The van der Waals surface area contributed by atoms with Gasteiger partial charge in [0, 0.05) is 11.1 Å². The third-order valence-electron chi connectivity index (χ3n) is 3.40. The first-order chi connectivity index (χ1) is 8.10. The molecule has 0 aliphatic heterocycles. The van der Waals surface area contributed by atoms with Gasteiger partial charge in [-0.1, -0.05) is 0 Å². The van der Waals surface area contributed by atoms with Crippen LogP contribution < -0.4 is 10.1 Å². The Morgan fingerprint density at radius 2 is 2.24 bits per heavy atom. The van der Waals surface area contributed by atoms with Crippen LogP contribution in [0, 0.1) is 10.1 Å². The summed E-state index contributed by atoms with van der Waals surface area (Å²) in [5, 5.41) is 14.3. The Hall–Kier alpha value is -1.62. The van der Waals surface area contributed by atoms with Gasteiger partial charge < -0.3 is 10.1 Å². The van der Waals surface area contributed by atoms with Crippen LogP contribution in [0.5, 0.6) is 5.75 Å². The molecule has 5 nitrogen and oxygen atoms in total. The number of benzene rings is 1. The van der Waals surface area contributed by atoms with Crippen molar-refractivity contribution in [1.29, 1.82) is 0 Å². The molecule has 0 saturated heterocycles. The molecule has 0 aromatic heterocycles. The van der Waals surface area contributed by atoms with Gasteiger partial charge >= 0.3 is 0 Å². The smallest absolute Gasteiger partial charge is 0.276 e. The second-order valence-corrected chi connectivity index (χ2v) is 4.46. The van der Waals surface area contributed by atoms with E-state index in [-0.39, 0.29) is 16.1 Å². The molecule has 0 bridgehead atoms. The Morgan fingerprint density at radius 1 is 1.53 bits per heavy atom. The molecule has 0 radical (unpaired) electrons. The summed E-state index contributed by atoms with van der Waals surface area (Å²) in [6, 6.07) is 5.05. The first kappa shape index (κ1) is 11.9. The van der Waals surface area contributed by atoms with Crippen LogP contribution in [0.15, 0.2) is 18.2 Å². The topological polar surface area (TPSA) is 64.4 Å². The molecule has 0 atom stereocenters. The summed E-state index contributed by atoms with van der Waals surface area (Å²) in [7, 11) is 3.41. The summed E-state index contributed by atoms with van der Waals surface area (Å²) in [6.07, 6.45) is 2.85. The molecule has 92 valence electrons. The summed E-state index contributed by atoms with van der Waals surface area (Å²) in [6.45, 7) is 0. The highest BCUT2D eigenvalue weighted by Gasteiger charge is 2.42. The molecule has 17 heavy (non-hydrogen) atoms. The Labute approximate surface area is 99.9 Å². The van der Waals surface area contributed by atoms with E-state index in [0.29, 0.717) is 12.2 Å². The van der Waals surface area contributed by atoms with Crippen LogP contribution in [-0.2, 0) is 6.42 Å². The predicted molar refractivity (Wildman–Crippen MR) is 64.4 cm³/mol. The molecule has 1 aliphatic carbocycles. The number of nitro groups is 1. The van der Waals surface area contributed by atoms with Gasteiger partial charge in [-0.2, -0.15) is 0 Å². The first-order valence-electron chi connectivity index (χ1n) is 5.60. The van der Waals surface area contributed by atoms with Crippen LogP contribution >= 0.6 is 0 Å². The number of hydrogen-bond acceptors (Lipinski definition) is 4. The standard InChI is InChI=1S/C12H16N2O3/c1-13-12(5-6-12)8-9-3-4-10(17-2)7-11(9)14(15)16/h3-4,7,13H,5-6,8H2,1-2H3. The highest BCUT2D eigenvalue weighted by molar-refractivity contribution is 5.47. The fraction of sp³-hybridized carbons (Fsp3) is 0.500. The molecular formula is C12H16N2O3. The number of nitrogens with zero attached hydrogens (tertiary/aromatic N) is 1. The minimum atomic E-state index is -0.344. The molecule has 1 aromatic carbocycles. The lowest BCUT2D eigenvalue weighted by Gasteiger charge is -2.14. The summed E-state index contributed by atoms with van der Waals surface area (Å²) in [5.74, 6) is 0.523. The van der Waals surface area contributed by atoms with Crippen molar-refractivity contribution in [2.24, 2.45) is 0 Å². The average molecular weight is 236 g/mol. The number of hydrogen-bond donors (Lipinski definition) is 1. The molecule has 0 unspecified atom stereocenters. The Kier molecular flexibility index (Phi) is 3.02. The average Bonchev–Trinajstić information content (AvgIpc) is 3.10. The predicted octanol–water partition coefficient (Wildman–Crippen LogP) is 1.90. The third kappa shape index (κ3) is 2.39. The highest BCUT2D eigenvalue weighted by atomic mass is 16.6. The molecule has 1 fully saturated rings. The van der Waals surface area contributed by atoms with Gasteiger partial charge in [-0.3, -0.25) is 10.1 Å². The van der Waals surface area contributed by atoms with Gasteiger partial charge in [-0.25, -0.2) is 0 Å². The number of likely N-dealkylation sites (N-methyl/N-ethyl adjacent to an activating group) is 1. The maximum atomic E-state index is 11.0. The fourth-order valence-electron chi connectivity index (χ4n) is 2.02. The summed E-state index contributed by atoms with van der Waals surface area (Å²) in [5.41, 5.74) is 0.979. The molecule has 0 heterocycles. The Bertz CT molecular complexity index is 441. The lowest BCUT2D eigenvalue weighted by Crippen LogP contribution is -2.29. The fourth-order valence-corrected chi connectivity index (χ4v) is 2.02. The summed E-state index contributed by atoms with van der Waals surface area (Å²) >= 11 is 0. The third-order valence-corrected chi connectivity index (χ3v) is 3.40. The largest absolute Gasteiger partial charge is 0.497 e. The van der Waals surface area contributed by atoms with Gasteiger partial charge in [0.1, 0.15) is 5.75 Å². The monoisotopic (exact) mass is 236 g/mol. The van der Waals surface area contributed by atoms with Crippen molar-refractivity contribution < 1.29 is 9.66 Å². The molecule has 5 heteroatoms. The van der Waals surface area contributed by atoms with E-state index < -0.39 is 0 Å². The lowest BCUT2D eigenvalue weighted by molar-refractivity contribution is -0.385. The minimum absolute atomic E-state index is 0.0688. The SMILES string of the molecule is CNC1(Cc2ccc(OC)cc2[N+](=O)[O-])CC1. The van der Waals surface area contributed by atoms with E-state index in [1.165, 1.54) is 13.2 Å². The number of ether oxygens (including phenoxy) is 1. The maximum Gasteiger partial charge on any atom is 0.276 e. The van der Waals surface area contributed by atoms with E-state index in [2.05, 4.69) is 5.32 Å². The number of nitro benzene ring substituents is 1. The minimum Gasteiger partial charge on any atom is -0.497 e. The number of nitrogens with one attached hydrogen (secondary N) is 1. The van der Waals surface area contributed by atoms with Gasteiger partial charge in [0.2, 0.25) is 0 Å². The van der Waals surface area contributed by atoms with Crippen molar-refractivity contribution in [3.05, 3.63) is 33.9 Å². The van der Waals surface area contributed by atoms with Crippen LogP contribution in [-0.4, -0.2) is 24.6 Å². The van der Waals surface area contributed by atoms with Gasteiger partial charge in [0.05, 0.1) is 18.1 Å². The molecule has 1 saturated carbocycles. The normalized spacial score (nSPS) is 16.6. The van der Waals surface area contributed by atoms with Crippen molar-refractivity contribution in [3.63, 3.8) is 0 Å². The molecule has 1 aromatic rings. The van der Waals surface area contributed by atoms with Crippen molar-refractivity contribution in [2.45, 2.75) is 24.8 Å². The van der Waals surface area contributed by atoms with Crippen LogP contribution in [0.4, 0.5) is 5.69 Å². The molecule has 1 aliphatic rings. The highest BCUT2D eigenvalue weighted by Crippen LogP contribution is 2.40. The quantitative estimate of drug-likeness (QED) is 0.626. The lowest BCUT2D eigenvalue weighted by atomic mass is 10.0. The zero-order valence-corrected chi connectivity index (χ0v) is 10.0. The maximum absolute atomic E-state index is 11.0. The molecule has 0 amide bonds. The van der Waals surface area contributed by atoms with E-state index in [4.69, 9.17) is 4.74 Å². The van der Waals surface area contributed by atoms with Crippen molar-refractivity contribution in [1.82, 2.24) is 5.32 Å². The van der Waals surface area contributed by atoms with Crippen molar-refractivity contribution >= 4 is 5.69 Å². The first-order valence-corrected chi connectivity index (χ1v) is 5.60. The van der Waals surface area contributed by atoms with E-state index in [1.54, 1.807) is 12.1 Å². The van der Waals surface area contributed by atoms with Gasteiger partial charge in [0.25, 0.3) is 5.69 Å². The van der Waals surface area contributed by atoms with Crippen molar-refractivity contribution in [3.8, 4) is 5.75 Å². The number of rotatable bonds is 5. The summed E-state index contributed by atoms with van der Waals surface area (Å²) in [4.78, 5) is 10.7. The second-order valence-electron chi connectivity index (χ2n) is 4.46. The van der Waals surface area contributed by atoms with Crippen LogP contribution in [0.1, 0.15) is 18.4 Å². The molecule has 2 rings (SSSR count). The second kappa shape index (κ2) is 4.33. The zero-order valence-electron chi connectivity index (χ0n) is 10.0. The molecule has 0 spiro atoms. The van der Waals surface area contributed by atoms with E-state index in [9.17, 15) is 10.1 Å². The molecule has 1 N–H and O–H groups in total. The molecular weight excluding hydrogens is 220 g/mol. The Balaban J connectivity index is 2.29. The van der Waals surface area contributed by atoms with Crippen LogP contribution in [0.3, 0.4) is 0 Å². The number of methoxy groups -OCH3 is 1. The van der Waals surface area contributed by atoms with Crippen LogP contribution in [0.2, 0.25) is 0 Å².